The molecule has 0 aliphatic carbocycles. The van der Waals surface area contributed by atoms with E-state index in [0.717, 1.165) is 37.1 Å². The minimum atomic E-state index is -0.194. The molecular formula is C19H23N3O2. The van der Waals surface area contributed by atoms with Gasteiger partial charge in [0.25, 0.3) is 0 Å². The number of aromatic amines is 1. The summed E-state index contributed by atoms with van der Waals surface area (Å²) >= 11 is 0. The zero-order valence-corrected chi connectivity index (χ0v) is 14.2. The van der Waals surface area contributed by atoms with E-state index in [1.54, 1.807) is 6.20 Å². The Morgan fingerprint density at radius 1 is 1.33 bits per heavy atom. The molecule has 2 aliphatic heterocycles. The monoisotopic (exact) mass is 325 g/mol. The summed E-state index contributed by atoms with van der Waals surface area (Å²) in [6, 6.07) is 4.38. The molecule has 1 amide bonds. The Morgan fingerprint density at radius 2 is 2.17 bits per heavy atom. The van der Waals surface area contributed by atoms with E-state index in [0.29, 0.717) is 6.61 Å². The Bertz CT molecular complexity index is 754. The van der Waals surface area contributed by atoms with Gasteiger partial charge in [0.1, 0.15) is 0 Å². The molecule has 1 aromatic carbocycles. The van der Waals surface area contributed by atoms with E-state index >= 15 is 0 Å². The average Bonchev–Trinajstić information content (AvgIpc) is 3.25. The minimum Gasteiger partial charge on any atom is -0.373 e. The number of nitrogens with one attached hydrogen (secondary N) is 1. The van der Waals surface area contributed by atoms with Crippen molar-refractivity contribution in [2.75, 3.05) is 18.1 Å². The highest BCUT2D eigenvalue weighted by Gasteiger charge is 2.38. The van der Waals surface area contributed by atoms with Crippen molar-refractivity contribution in [3.05, 3.63) is 46.8 Å². The van der Waals surface area contributed by atoms with Crippen molar-refractivity contribution in [2.45, 2.75) is 39.2 Å². The topological polar surface area (TPSA) is 58.2 Å². The predicted octanol–water partition coefficient (Wildman–Crippen LogP) is 3.08. The number of aromatic nitrogens is 2. The largest absolute Gasteiger partial charge is 0.373 e. The molecule has 1 N–H and O–H groups in total. The molecule has 2 aliphatic rings. The molecule has 0 spiro atoms. The lowest BCUT2D eigenvalue weighted by Crippen LogP contribution is -2.40. The molecule has 2 atom stereocenters. The number of rotatable bonds is 2. The summed E-state index contributed by atoms with van der Waals surface area (Å²) in [7, 11) is 0. The number of H-pyrrole nitrogens is 1. The zero-order chi connectivity index (χ0) is 16.7. The van der Waals surface area contributed by atoms with Crippen molar-refractivity contribution in [1.82, 2.24) is 10.2 Å². The van der Waals surface area contributed by atoms with E-state index < -0.39 is 0 Å². The number of hydrogen-bond donors (Lipinski definition) is 1. The maximum Gasteiger partial charge on any atom is 0.233 e. The summed E-state index contributed by atoms with van der Waals surface area (Å²) in [6.07, 6.45) is 6.14. The SMILES string of the molecule is Cc1cc2c(cc1C)N(C(=O)[C@@H]1CCCO[C@H]1c1cn[nH]c1)CC2. The molecule has 4 rings (SSSR count). The van der Waals surface area contributed by atoms with Gasteiger partial charge in [0.2, 0.25) is 5.91 Å². The number of ether oxygens (including phenoxy) is 1. The van der Waals surface area contributed by atoms with Crippen LogP contribution in [0.1, 0.15) is 41.2 Å². The molecule has 5 nitrogen and oxygen atoms in total. The molecule has 1 aromatic heterocycles. The average molecular weight is 325 g/mol. The Balaban J connectivity index is 1.63. The molecule has 3 heterocycles. The van der Waals surface area contributed by atoms with Gasteiger partial charge >= 0.3 is 0 Å². The van der Waals surface area contributed by atoms with Gasteiger partial charge in [0.05, 0.1) is 18.2 Å². The van der Waals surface area contributed by atoms with Crippen molar-refractivity contribution in [3.8, 4) is 0 Å². The van der Waals surface area contributed by atoms with Gasteiger partial charge in [-0.05, 0) is 55.9 Å². The van der Waals surface area contributed by atoms with Gasteiger partial charge in [0.15, 0.2) is 0 Å². The van der Waals surface area contributed by atoms with Gasteiger partial charge < -0.3 is 9.64 Å². The van der Waals surface area contributed by atoms with Crippen molar-refractivity contribution in [3.63, 3.8) is 0 Å². The summed E-state index contributed by atoms with van der Waals surface area (Å²) in [6.45, 7) is 5.71. The van der Waals surface area contributed by atoms with Crippen LogP contribution in [0.5, 0.6) is 0 Å². The number of benzene rings is 1. The van der Waals surface area contributed by atoms with Crippen molar-refractivity contribution in [2.24, 2.45) is 5.92 Å². The molecule has 5 heteroatoms. The standard InChI is InChI=1S/C19H23N3O2/c1-12-8-14-5-6-22(17(14)9-13(12)2)19(23)16-4-3-7-24-18(16)15-10-20-21-11-15/h8-11,16,18H,3-7H2,1-2H3,(H,20,21)/t16-,18+/m1/s1. The summed E-state index contributed by atoms with van der Waals surface area (Å²) in [4.78, 5) is 15.2. The predicted molar refractivity (Wildman–Crippen MR) is 92.0 cm³/mol. The number of amides is 1. The normalized spacial score (nSPS) is 23.3. The molecule has 1 saturated heterocycles. The van der Waals surface area contributed by atoms with E-state index in [4.69, 9.17) is 4.74 Å². The lowest BCUT2D eigenvalue weighted by atomic mass is 9.89. The molecule has 2 aromatic rings. The van der Waals surface area contributed by atoms with Gasteiger partial charge in [-0.2, -0.15) is 5.10 Å². The fraction of sp³-hybridized carbons (Fsp3) is 0.474. The van der Waals surface area contributed by atoms with Crippen molar-refractivity contribution < 1.29 is 9.53 Å². The van der Waals surface area contributed by atoms with Crippen molar-refractivity contribution >= 4 is 11.6 Å². The molecule has 126 valence electrons. The maximum atomic E-state index is 13.3. The van der Waals surface area contributed by atoms with E-state index in [1.165, 1.54) is 16.7 Å². The first-order valence-electron chi connectivity index (χ1n) is 8.67. The number of hydrogen-bond acceptors (Lipinski definition) is 3. The molecule has 0 radical (unpaired) electrons. The minimum absolute atomic E-state index is 0.135. The number of aryl methyl sites for hydroxylation is 2. The van der Waals surface area contributed by atoms with E-state index in [1.807, 2.05) is 11.1 Å². The summed E-state index contributed by atoms with van der Waals surface area (Å²) < 4.78 is 5.94. The number of nitrogens with zero attached hydrogens (tertiary/aromatic N) is 2. The molecule has 0 saturated carbocycles. The van der Waals surface area contributed by atoms with Crippen LogP contribution in [0.25, 0.3) is 0 Å². The fourth-order valence-corrected chi connectivity index (χ4v) is 3.87. The van der Waals surface area contributed by atoms with Crippen LogP contribution in [0.3, 0.4) is 0 Å². The first-order valence-corrected chi connectivity index (χ1v) is 8.67. The highest BCUT2D eigenvalue weighted by Crippen LogP contribution is 2.38. The van der Waals surface area contributed by atoms with Gasteiger partial charge in [-0.15, -0.1) is 0 Å². The molecule has 24 heavy (non-hydrogen) atoms. The third kappa shape index (κ3) is 2.53. The van der Waals surface area contributed by atoms with Crippen LogP contribution in [0.2, 0.25) is 0 Å². The fourth-order valence-electron chi connectivity index (χ4n) is 3.87. The quantitative estimate of drug-likeness (QED) is 0.923. The van der Waals surface area contributed by atoms with Gasteiger partial charge in [0, 0.05) is 30.6 Å². The Kier molecular flexibility index (Phi) is 3.88. The van der Waals surface area contributed by atoms with E-state index in [9.17, 15) is 4.79 Å². The number of carbonyl (C=O) groups excluding carboxylic acids is 1. The number of anilines is 1. The zero-order valence-electron chi connectivity index (χ0n) is 14.2. The first kappa shape index (κ1) is 15.4. The molecule has 0 bridgehead atoms. The summed E-state index contributed by atoms with van der Waals surface area (Å²) in [5.41, 5.74) is 5.86. The lowest BCUT2D eigenvalue weighted by molar-refractivity contribution is -0.131. The highest BCUT2D eigenvalue weighted by atomic mass is 16.5. The van der Waals surface area contributed by atoms with Crippen LogP contribution in [-0.2, 0) is 16.0 Å². The van der Waals surface area contributed by atoms with Crippen LogP contribution in [-0.4, -0.2) is 29.3 Å². The molecular weight excluding hydrogens is 302 g/mol. The van der Waals surface area contributed by atoms with E-state index in [-0.39, 0.29) is 17.9 Å². The Hall–Kier alpha value is -2.14. The Labute approximate surface area is 142 Å². The van der Waals surface area contributed by atoms with Gasteiger partial charge in [-0.25, -0.2) is 0 Å². The van der Waals surface area contributed by atoms with Gasteiger partial charge in [-0.3, -0.25) is 9.89 Å². The van der Waals surface area contributed by atoms with Crippen LogP contribution in [0, 0.1) is 19.8 Å². The maximum absolute atomic E-state index is 13.3. The van der Waals surface area contributed by atoms with Crippen LogP contribution in [0.15, 0.2) is 24.5 Å². The van der Waals surface area contributed by atoms with Crippen LogP contribution < -0.4 is 4.90 Å². The smallest absolute Gasteiger partial charge is 0.233 e. The molecule has 0 unspecified atom stereocenters. The Morgan fingerprint density at radius 3 is 2.96 bits per heavy atom. The van der Waals surface area contributed by atoms with E-state index in [2.05, 4.69) is 36.2 Å². The number of carbonyl (C=O) groups is 1. The molecule has 1 fully saturated rings. The first-order chi connectivity index (χ1) is 11.6. The third-order valence-corrected chi connectivity index (χ3v) is 5.34. The second kappa shape index (κ2) is 6.06. The second-order valence-electron chi connectivity index (χ2n) is 6.88. The van der Waals surface area contributed by atoms with Crippen LogP contribution >= 0.6 is 0 Å². The van der Waals surface area contributed by atoms with Crippen molar-refractivity contribution in [1.29, 1.82) is 0 Å². The lowest BCUT2D eigenvalue weighted by Gasteiger charge is -2.33. The van der Waals surface area contributed by atoms with Crippen LogP contribution in [0.4, 0.5) is 5.69 Å². The second-order valence-corrected chi connectivity index (χ2v) is 6.88. The van der Waals surface area contributed by atoms with Gasteiger partial charge in [-0.1, -0.05) is 6.07 Å². The summed E-state index contributed by atoms with van der Waals surface area (Å²) in [5, 5.41) is 6.85. The number of fused-ring (bicyclic) bond motifs is 1. The highest BCUT2D eigenvalue weighted by molar-refractivity contribution is 5.97. The summed E-state index contributed by atoms with van der Waals surface area (Å²) in [5.74, 6) is 0.0480. The third-order valence-electron chi connectivity index (χ3n) is 5.34.